The van der Waals surface area contributed by atoms with Gasteiger partial charge in [-0.15, -0.1) is 0 Å². The summed E-state index contributed by atoms with van der Waals surface area (Å²) in [5, 5.41) is 2.84. The topological polar surface area (TPSA) is 41.6 Å². The van der Waals surface area contributed by atoms with Gasteiger partial charge in [-0.3, -0.25) is 10.2 Å². The van der Waals surface area contributed by atoms with Crippen molar-refractivity contribution in [2.75, 3.05) is 18.4 Å². The van der Waals surface area contributed by atoms with Crippen LogP contribution in [-0.4, -0.2) is 30.1 Å². The number of para-hydroxylation sites is 1. The van der Waals surface area contributed by atoms with Crippen LogP contribution in [0.15, 0.2) is 24.3 Å². The van der Waals surface area contributed by atoms with Crippen LogP contribution in [0.25, 0.3) is 0 Å². The van der Waals surface area contributed by atoms with Gasteiger partial charge in [0.15, 0.2) is 0 Å². The van der Waals surface area contributed by atoms with Crippen molar-refractivity contribution in [3.63, 3.8) is 0 Å². The third-order valence-corrected chi connectivity index (χ3v) is 6.72. The van der Waals surface area contributed by atoms with E-state index in [9.17, 15) is 4.79 Å². The summed E-state index contributed by atoms with van der Waals surface area (Å²) in [7, 11) is 0. The van der Waals surface area contributed by atoms with Gasteiger partial charge < -0.3 is 4.74 Å². The van der Waals surface area contributed by atoms with Gasteiger partial charge >= 0.3 is 6.09 Å². The molecule has 2 aliphatic heterocycles. The second kappa shape index (κ2) is 4.97. The summed E-state index contributed by atoms with van der Waals surface area (Å²) in [5.74, 6) is 1.91. The van der Waals surface area contributed by atoms with Gasteiger partial charge in [0.2, 0.25) is 0 Å². The quantitative estimate of drug-likeness (QED) is 0.859. The zero-order chi connectivity index (χ0) is 15.4. The molecular formula is C19H24N2O2. The Hall–Kier alpha value is -1.55. The molecule has 4 aliphatic rings. The molecule has 2 aliphatic carbocycles. The lowest BCUT2D eigenvalue weighted by Crippen LogP contribution is -2.51. The Morgan fingerprint density at radius 2 is 1.96 bits per heavy atom. The molecule has 4 heteroatoms. The van der Waals surface area contributed by atoms with E-state index in [0.29, 0.717) is 0 Å². The Balaban J connectivity index is 1.37. The minimum atomic E-state index is -0.410. The summed E-state index contributed by atoms with van der Waals surface area (Å²) in [4.78, 5) is 14.7. The van der Waals surface area contributed by atoms with Gasteiger partial charge in [0.1, 0.15) is 5.60 Å². The number of rotatable bonds is 1. The molecule has 2 bridgehead atoms. The first-order valence-corrected chi connectivity index (χ1v) is 9.07. The molecule has 1 saturated heterocycles. The maximum atomic E-state index is 12.0. The van der Waals surface area contributed by atoms with Crippen molar-refractivity contribution in [1.29, 1.82) is 0 Å². The smallest absolute Gasteiger partial charge is 0.412 e. The SMILES string of the molecule is O=C1Nc2ccccc2C2(CCN([C@@H]3C[C@@H]4CC[C@@H]3C4)CC2)O1. The molecule has 5 rings (SSSR count). The predicted molar refractivity (Wildman–Crippen MR) is 88.3 cm³/mol. The van der Waals surface area contributed by atoms with Crippen LogP contribution in [-0.2, 0) is 10.3 Å². The number of amides is 1. The van der Waals surface area contributed by atoms with Crippen molar-refractivity contribution in [2.45, 2.75) is 50.2 Å². The molecule has 2 heterocycles. The fourth-order valence-electron chi connectivity index (χ4n) is 5.60. The number of anilines is 1. The van der Waals surface area contributed by atoms with Crippen LogP contribution in [0.5, 0.6) is 0 Å². The highest BCUT2D eigenvalue weighted by atomic mass is 16.6. The third-order valence-electron chi connectivity index (χ3n) is 6.72. The zero-order valence-corrected chi connectivity index (χ0v) is 13.5. The lowest BCUT2D eigenvalue weighted by atomic mass is 9.81. The normalized spacial score (nSPS) is 35.0. The average Bonchev–Trinajstić information content (AvgIpc) is 3.19. The fourth-order valence-corrected chi connectivity index (χ4v) is 5.60. The fraction of sp³-hybridized carbons (Fsp3) is 0.632. The van der Waals surface area contributed by atoms with Crippen LogP contribution in [0.2, 0.25) is 0 Å². The van der Waals surface area contributed by atoms with Gasteiger partial charge in [-0.1, -0.05) is 24.6 Å². The van der Waals surface area contributed by atoms with Crippen LogP contribution in [0.4, 0.5) is 10.5 Å². The monoisotopic (exact) mass is 312 g/mol. The van der Waals surface area contributed by atoms with Crippen LogP contribution >= 0.6 is 0 Å². The highest BCUT2D eigenvalue weighted by Gasteiger charge is 2.48. The van der Waals surface area contributed by atoms with E-state index in [-0.39, 0.29) is 6.09 Å². The highest BCUT2D eigenvalue weighted by Crippen LogP contribution is 2.49. The molecule has 2 saturated carbocycles. The number of carbonyl (C=O) groups is 1. The standard InChI is InChI=1S/C19H24N2O2/c22-18-20-16-4-2-1-3-15(16)19(23-18)7-9-21(10-8-19)17-12-13-5-6-14(17)11-13/h1-4,13-14,17H,5-12H2,(H,20,22)/t13-,14-,17-/m1/s1. The molecule has 1 N–H and O–H groups in total. The number of carbonyl (C=O) groups excluding carboxylic acids is 1. The number of piperidine rings is 1. The van der Waals surface area contributed by atoms with E-state index in [1.807, 2.05) is 18.2 Å². The number of ether oxygens (including phenoxy) is 1. The van der Waals surface area contributed by atoms with Gasteiger partial charge in [0, 0.05) is 37.5 Å². The van der Waals surface area contributed by atoms with Crippen molar-refractivity contribution < 1.29 is 9.53 Å². The van der Waals surface area contributed by atoms with E-state index < -0.39 is 5.60 Å². The number of hydrogen-bond acceptors (Lipinski definition) is 3. The van der Waals surface area contributed by atoms with Gasteiger partial charge in [-0.2, -0.15) is 0 Å². The van der Waals surface area contributed by atoms with Crippen molar-refractivity contribution in [3.8, 4) is 0 Å². The number of benzene rings is 1. The largest absolute Gasteiger partial charge is 0.438 e. The zero-order valence-electron chi connectivity index (χ0n) is 13.5. The van der Waals surface area contributed by atoms with Crippen molar-refractivity contribution in [3.05, 3.63) is 29.8 Å². The first-order valence-electron chi connectivity index (χ1n) is 9.07. The molecule has 1 amide bonds. The summed E-state index contributed by atoms with van der Waals surface area (Å²) in [6.45, 7) is 2.10. The number of nitrogens with zero attached hydrogens (tertiary/aromatic N) is 1. The summed E-state index contributed by atoms with van der Waals surface area (Å²) >= 11 is 0. The van der Waals surface area contributed by atoms with E-state index in [1.54, 1.807) is 0 Å². The van der Waals surface area contributed by atoms with Crippen molar-refractivity contribution in [2.24, 2.45) is 11.8 Å². The first kappa shape index (κ1) is 13.8. The second-order valence-corrected chi connectivity index (χ2v) is 7.83. The second-order valence-electron chi connectivity index (χ2n) is 7.83. The number of fused-ring (bicyclic) bond motifs is 4. The molecule has 23 heavy (non-hydrogen) atoms. The minimum Gasteiger partial charge on any atom is -0.438 e. The average molecular weight is 312 g/mol. The minimum absolute atomic E-state index is 0.294. The molecule has 1 aromatic carbocycles. The summed E-state index contributed by atoms with van der Waals surface area (Å²) in [6.07, 6.45) is 7.28. The lowest BCUT2D eigenvalue weighted by molar-refractivity contribution is -0.0503. The Morgan fingerprint density at radius 1 is 1.13 bits per heavy atom. The number of likely N-dealkylation sites (tertiary alicyclic amines) is 1. The molecule has 1 spiro atoms. The van der Waals surface area contributed by atoms with E-state index in [2.05, 4.69) is 16.3 Å². The summed E-state index contributed by atoms with van der Waals surface area (Å²) < 4.78 is 5.84. The molecule has 122 valence electrons. The molecule has 3 atom stereocenters. The van der Waals surface area contributed by atoms with Crippen LogP contribution in [0.1, 0.15) is 44.1 Å². The first-order chi connectivity index (χ1) is 11.2. The van der Waals surface area contributed by atoms with Crippen molar-refractivity contribution >= 4 is 11.8 Å². The van der Waals surface area contributed by atoms with E-state index in [4.69, 9.17) is 4.74 Å². The van der Waals surface area contributed by atoms with Gasteiger partial charge in [0.05, 0.1) is 5.69 Å². The molecule has 0 radical (unpaired) electrons. The Morgan fingerprint density at radius 3 is 2.70 bits per heavy atom. The Kier molecular flexibility index (Phi) is 2.99. The molecule has 3 fully saturated rings. The van der Waals surface area contributed by atoms with E-state index >= 15 is 0 Å². The van der Waals surface area contributed by atoms with Gasteiger partial charge in [-0.25, -0.2) is 4.79 Å². The third kappa shape index (κ3) is 2.11. The van der Waals surface area contributed by atoms with Gasteiger partial charge in [0.25, 0.3) is 0 Å². The maximum absolute atomic E-state index is 12.0. The Bertz CT molecular complexity index is 636. The van der Waals surface area contributed by atoms with Crippen LogP contribution < -0.4 is 5.32 Å². The van der Waals surface area contributed by atoms with Crippen LogP contribution in [0, 0.1) is 11.8 Å². The predicted octanol–water partition coefficient (Wildman–Crippen LogP) is 3.73. The van der Waals surface area contributed by atoms with Crippen LogP contribution in [0.3, 0.4) is 0 Å². The van der Waals surface area contributed by atoms with E-state index in [1.165, 1.54) is 25.7 Å². The molecule has 4 nitrogen and oxygen atoms in total. The molecule has 1 aromatic rings. The van der Waals surface area contributed by atoms with Crippen molar-refractivity contribution in [1.82, 2.24) is 4.90 Å². The summed E-state index contributed by atoms with van der Waals surface area (Å²) in [5.41, 5.74) is 1.68. The molecule has 0 aromatic heterocycles. The Labute approximate surface area is 137 Å². The highest BCUT2D eigenvalue weighted by molar-refractivity contribution is 5.88. The van der Waals surface area contributed by atoms with Gasteiger partial charge in [-0.05, 0) is 37.2 Å². The molecular weight excluding hydrogens is 288 g/mol. The maximum Gasteiger partial charge on any atom is 0.412 e. The number of nitrogens with one attached hydrogen (secondary N) is 1. The molecule has 0 unspecified atom stereocenters. The number of hydrogen-bond donors (Lipinski definition) is 1. The van der Waals surface area contributed by atoms with E-state index in [0.717, 1.165) is 55.1 Å². The lowest BCUT2D eigenvalue weighted by Gasteiger charge is -2.46. The summed E-state index contributed by atoms with van der Waals surface area (Å²) in [6, 6.07) is 8.91.